The summed E-state index contributed by atoms with van der Waals surface area (Å²) < 4.78 is 37.8. The van der Waals surface area contributed by atoms with Crippen molar-refractivity contribution in [1.82, 2.24) is 10.2 Å². The Labute approximate surface area is 106 Å². The molecule has 0 unspecified atom stereocenters. The topological polar surface area (TPSA) is 58.4 Å². The highest BCUT2D eigenvalue weighted by Crippen LogP contribution is 2.30. The van der Waals surface area contributed by atoms with Gasteiger partial charge in [0.1, 0.15) is 5.71 Å². The van der Waals surface area contributed by atoms with Crippen molar-refractivity contribution in [2.24, 2.45) is 5.16 Å². The van der Waals surface area contributed by atoms with Crippen LogP contribution in [-0.2, 0) is 6.18 Å². The van der Waals surface area contributed by atoms with Crippen molar-refractivity contribution < 1.29 is 18.4 Å². The van der Waals surface area contributed by atoms with Gasteiger partial charge in [-0.3, -0.25) is 0 Å². The van der Waals surface area contributed by atoms with E-state index in [2.05, 4.69) is 15.4 Å². The van der Waals surface area contributed by atoms with Crippen molar-refractivity contribution in [3.05, 3.63) is 59.4 Å². The second kappa shape index (κ2) is 5.05. The number of aromatic nitrogens is 2. The van der Waals surface area contributed by atoms with Gasteiger partial charge in [0.05, 0.1) is 18.0 Å². The predicted octanol–water partition coefficient (Wildman–Crippen LogP) is 2.72. The number of halogens is 3. The minimum absolute atomic E-state index is 0.000926. The van der Waals surface area contributed by atoms with Crippen LogP contribution in [0.5, 0.6) is 0 Å². The molecule has 0 aliphatic heterocycles. The second-order valence-corrected chi connectivity index (χ2v) is 3.66. The van der Waals surface area contributed by atoms with Crippen LogP contribution in [0, 0.1) is 0 Å². The first-order valence-electron chi connectivity index (χ1n) is 5.19. The molecule has 0 atom stereocenters. The Morgan fingerprint density at radius 2 is 1.89 bits per heavy atom. The Morgan fingerprint density at radius 1 is 1.11 bits per heavy atom. The number of rotatable bonds is 2. The lowest BCUT2D eigenvalue weighted by atomic mass is 10.0. The molecule has 1 N–H and O–H groups in total. The summed E-state index contributed by atoms with van der Waals surface area (Å²) >= 11 is 0. The molecule has 0 saturated carbocycles. The number of benzene rings is 1. The van der Waals surface area contributed by atoms with Crippen LogP contribution in [0.25, 0.3) is 0 Å². The summed E-state index contributed by atoms with van der Waals surface area (Å²) in [6.45, 7) is 0. The van der Waals surface area contributed by atoms with E-state index in [9.17, 15) is 13.2 Å². The molecule has 1 heterocycles. The summed E-state index contributed by atoms with van der Waals surface area (Å²) in [4.78, 5) is 0. The van der Waals surface area contributed by atoms with Gasteiger partial charge in [0.15, 0.2) is 0 Å². The van der Waals surface area contributed by atoms with Gasteiger partial charge < -0.3 is 5.21 Å². The Morgan fingerprint density at radius 3 is 2.47 bits per heavy atom. The molecular formula is C12H8F3N3O. The fourth-order valence-electron chi connectivity index (χ4n) is 1.56. The molecule has 2 aromatic rings. The number of nitrogens with zero attached hydrogens (tertiary/aromatic N) is 3. The van der Waals surface area contributed by atoms with Crippen molar-refractivity contribution in [3.63, 3.8) is 0 Å². The van der Waals surface area contributed by atoms with Crippen LogP contribution in [0.1, 0.15) is 16.7 Å². The van der Waals surface area contributed by atoms with Gasteiger partial charge in [0.25, 0.3) is 0 Å². The highest BCUT2D eigenvalue weighted by Gasteiger charge is 2.30. The minimum Gasteiger partial charge on any atom is -0.410 e. The third kappa shape index (κ3) is 2.87. The zero-order valence-electron chi connectivity index (χ0n) is 9.46. The zero-order chi connectivity index (χ0) is 13.9. The van der Waals surface area contributed by atoms with E-state index < -0.39 is 11.7 Å². The van der Waals surface area contributed by atoms with E-state index in [0.717, 1.165) is 12.1 Å². The molecule has 2 rings (SSSR count). The lowest BCUT2D eigenvalue weighted by Gasteiger charge is -2.09. The van der Waals surface area contributed by atoms with Gasteiger partial charge in [0.2, 0.25) is 0 Å². The van der Waals surface area contributed by atoms with Crippen LogP contribution < -0.4 is 0 Å². The first kappa shape index (κ1) is 13.0. The van der Waals surface area contributed by atoms with E-state index in [0.29, 0.717) is 5.56 Å². The van der Waals surface area contributed by atoms with E-state index in [-0.39, 0.29) is 11.3 Å². The summed E-state index contributed by atoms with van der Waals surface area (Å²) in [7, 11) is 0. The minimum atomic E-state index is -4.45. The van der Waals surface area contributed by atoms with Crippen LogP contribution in [0.3, 0.4) is 0 Å². The van der Waals surface area contributed by atoms with Crippen molar-refractivity contribution in [1.29, 1.82) is 0 Å². The van der Waals surface area contributed by atoms with Crippen molar-refractivity contribution >= 4 is 5.71 Å². The summed E-state index contributed by atoms with van der Waals surface area (Å²) in [5.41, 5.74) is -0.295. The van der Waals surface area contributed by atoms with Crippen LogP contribution >= 0.6 is 0 Å². The molecule has 7 heteroatoms. The van der Waals surface area contributed by atoms with E-state index in [1.807, 2.05) is 0 Å². The second-order valence-electron chi connectivity index (χ2n) is 3.66. The monoisotopic (exact) mass is 267 g/mol. The lowest BCUT2D eigenvalue weighted by molar-refractivity contribution is -0.137. The number of alkyl halides is 3. The van der Waals surface area contributed by atoms with Crippen LogP contribution in [0.15, 0.2) is 47.9 Å². The quantitative estimate of drug-likeness (QED) is 0.517. The lowest BCUT2D eigenvalue weighted by Crippen LogP contribution is -2.09. The Hall–Kier alpha value is -2.44. The molecule has 0 saturated heterocycles. The van der Waals surface area contributed by atoms with Crippen molar-refractivity contribution in [2.45, 2.75) is 6.18 Å². The van der Waals surface area contributed by atoms with Crippen LogP contribution in [0.2, 0.25) is 0 Å². The van der Waals surface area contributed by atoms with Gasteiger partial charge in [-0.1, -0.05) is 17.3 Å². The summed E-state index contributed by atoms with van der Waals surface area (Å²) in [5.74, 6) is 0. The largest absolute Gasteiger partial charge is 0.416 e. The highest BCUT2D eigenvalue weighted by molar-refractivity contribution is 6.12. The Balaban J connectivity index is 2.47. The predicted molar refractivity (Wildman–Crippen MR) is 60.9 cm³/mol. The van der Waals surface area contributed by atoms with Gasteiger partial charge in [-0.05, 0) is 18.2 Å². The summed E-state index contributed by atoms with van der Waals surface area (Å²) in [5, 5.41) is 19.2. The molecule has 4 nitrogen and oxygen atoms in total. The Bertz CT molecular complexity index is 597. The molecule has 0 spiro atoms. The van der Waals surface area contributed by atoms with Crippen LogP contribution in [0.4, 0.5) is 13.2 Å². The molecule has 98 valence electrons. The van der Waals surface area contributed by atoms with Gasteiger partial charge in [0, 0.05) is 11.1 Å². The average Bonchev–Trinajstić information content (AvgIpc) is 2.40. The van der Waals surface area contributed by atoms with Gasteiger partial charge >= 0.3 is 6.18 Å². The van der Waals surface area contributed by atoms with E-state index in [1.165, 1.54) is 30.6 Å². The molecule has 0 amide bonds. The third-order valence-electron chi connectivity index (χ3n) is 2.42. The van der Waals surface area contributed by atoms with Crippen LogP contribution in [-0.4, -0.2) is 21.1 Å². The number of hydrogen-bond acceptors (Lipinski definition) is 4. The molecule has 19 heavy (non-hydrogen) atoms. The normalized spacial score (nSPS) is 12.5. The standard InChI is InChI=1S/C12H8F3N3O/c13-12(14,15)10-3-1-2-8(6-10)11(18-19)9-4-5-16-17-7-9/h1-7,19H/b18-11-. The molecule has 1 aromatic carbocycles. The first-order chi connectivity index (χ1) is 9.02. The van der Waals surface area contributed by atoms with Crippen molar-refractivity contribution in [3.8, 4) is 0 Å². The highest BCUT2D eigenvalue weighted by atomic mass is 19.4. The summed E-state index contributed by atoms with van der Waals surface area (Å²) in [6, 6.07) is 6.02. The zero-order valence-corrected chi connectivity index (χ0v) is 9.46. The van der Waals surface area contributed by atoms with E-state index in [1.54, 1.807) is 0 Å². The van der Waals surface area contributed by atoms with Gasteiger partial charge in [-0.2, -0.15) is 23.4 Å². The molecule has 1 aromatic heterocycles. The fourth-order valence-corrected chi connectivity index (χ4v) is 1.56. The maximum atomic E-state index is 12.6. The molecule has 0 aliphatic carbocycles. The Kier molecular flexibility index (Phi) is 3.46. The number of oxime groups is 1. The SMILES string of the molecule is O/N=C(\c1ccnnc1)c1cccc(C(F)(F)F)c1. The fraction of sp³-hybridized carbons (Fsp3) is 0.0833. The molecule has 0 radical (unpaired) electrons. The first-order valence-corrected chi connectivity index (χ1v) is 5.19. The van der Waals surface area contributed by atoms with Gasteiger partial charge in [-0.25, -0.2) is 0 Å². The average molecular weight is 267 g/mol. The van der Waals surface area contributed by atoms with E-state index in [4.69, 9.17) is 5.21 Å². The smallest absolute Gasteiger partial charge is 0.410 e. The maximum Gasteiger partial charge on any atom is 0.416 e. The third-order valence-corrected chi connectivity index (χ3v) is 2.42. The molecular weight excluding hydrogens is 259 g/mol. The van der Waals surface area contributed by atoms with Gasteiger partial charge in [-0.15, -0.1) is 0 Å². The number of hydrogen-bond donors (Lipinski definition) is 1. The molecule has 0 bridgehead atoms. The molecule has 0 aliphatic rings. The molecule has 0 fully saturated rings. The maximum absolute atomic E-state index is 12.6. The summed E-state index contributed by atoms with van der Waals surface area (Å²) in [6.07, 6.45) is -1.80. The van der Waals surface area contributed by atoms with Crippen molar-refractivity contribution in [2.75, 3.05) is 0 Å². The van der Waals surface area contributed by atoms with E-state index >= 15 is 0 Å².